The number of aryl methyl sites for hydroxylation is 2. The van der Waals surface area contributed by atoms with Crippen LogP contribution in [0, 0.1) is 17.4 Å². The van der Waals surface area contributed by atoms with Gasteiger partial charge in [0.2, 0.25) is 0 Å². The second kappa shape index (κ2) is 6.06. The van der Waals surface area contributed by atoms with Gasteiger partial charge in [-0.2, -0.15) is 0 Å². The highest BCUT2D eigenvalue weighted by atomic mass is 127. The van der Waals surface area contributed by atoms with Gasteiger partial charge in [-0.05, 0) is 59.7 Å². The van der Waals surface area contributed by atoms with Gasteiger partial charge in [0, 0.05) is 15.6 Å². The molecule has 0 bridgehead atoms. The SMILES string of the molecule is Cc1ccc(C)c(CC(=O)c2ccc(I)c(Cl)c2)c1. The van der Waals surface area contributed by atoms with Crippen LogP contribution in [0.15, 0.2) is 36.4 Å². The highest BCUT2D eigenvalue weighted by Crippen LogP contribution is 2.21. The van der Waals surface area contributed by atoms with Crippen molar-refractivity contribution in [2.75, 3.05) is 0 Å². The average Bonchev–Trinajstić information content (AvgIpc) is 2.37. The summed E-state index contributed by atoms with van der Waals surface area (Å²) < 4.78 is 0.961. The maximum absolute atomic E-state index is 12.3. The molecular weight excluding hydrogens is 371 g/mol. The monoisotopic (exact) mass is 384 g/mol. The van der Waals surface area contributed by atoms with E-state index in [2.05, 4.69) is 40.8 Å². The number of hydrogen-bond donors (Lipinski definition) is 0. The van der Waals surface area contributed by atoms with Crippen molar-refractivity contribution in [2.45, 2.75) is 20.3 Å². The minimum Gasteiger partial charge on any atom is -0.294 e. The van der Waals surface area contributed by atoms with Crippen molar-refractivity contribution in [3.63, 3.8) is 0 Å². The summed E-state index contributed by atoms with van der Waals surface area (Å²) in [5, 5.41) is 0.632. The summed E-state index contributed by atoms with van der Waals surface area (Å²) in [5.74, 6) is 0.104. The molecule has 1 nitrogen and oxygen atoms in total. The molecule has 0 fully saturated rings. The van der Waals surface area contributed by atoms with Crippen LogP contribution in [-0.4, -0.2) is 5.78 Å². The normalized spacial score (nSPS) is 10.5. The maximum Gasteiger partial charge on any atom is 0.167 e. The van der Waals surface area contributed by atoms with Crippen molar-refractivity contribution >= 4 is 40.0 Å². The van der Waals surface area contributed by atoms with Gasteiger partial charge in [-0.3, -0.25) is 4.79 Å². The molecule has 98 valence electrons. The molecule has 0 unspecified atom stereocenters. The quantitative estimate of drug-likeness (QED) is 0.538. The Labute approximate surface area is 132 Å². The zero-order valence-corrected chi connectivity index (χ0v) is 13.7. The summed E-state index contributed by atoms with van der Waals surface area (Å²) in [6.07, 6.45) is 0.421. The summed E-state index contributed by atoms with van der Waals surface area (Å²) in [5.41, 5.74) is 4.08. The molecule has 2 aromatic carbocycles. The first-order valence-electron chi connectivity index (χ1n) is 6.02. The Morgan fingerprint density at radius 3 is 2.58 bits per heavy atom. The van der Waals surface area contributed by atoms with Gasteiger partial charge < -0.3 is 0 Å². The lowest BCUT2D eigenvalue weighted by Crippen LogP contribution is -2.05. The number of carbonyl (C=O) groups excluding carboxylic acids is 1. The first-order valence-corrected chi connectivity index (χ1v) is 7.47. The molecular formula is C16H14ClIO. The molecule has 2 aromatic rings. The molecule has 0 aliphatic rings. The zero-order valence-electron chi connectivity index (χ0n) is 10.8. The van der Waals surface area contributed by atoms with E-state index in [4.69, 9.17) is 11.6 Å². The van der Waals surface area contributed by atoms with Crippen LogP contribution in [0.4, 0.5) is 0 Å². The first kappa shape index (κ1) is 14.5. The lowest BCUT2D eigenvalue weighted by atomic mass is 9.98. The van der Waals surface area contributed by atoms with E-state index < -0.39 is 0 Å². The van der Waals surface area contributed by atoms with E-state index in [-0.39, 0.29) is 5.78 Å². The summed E-state index contributed by atoms with van der Waals surface area (Å²) in [6, 6.07) is 11.6. The van der Waals surface area contributed by atoms with E-state index in [0.29, 0.717) is 17.0 Å². The van der Waals surface area contributed by atoms with Crippen molar-refractivity contribution < 1.29 is 4.79 Å². The van der Waals surface area contributed by atoms with Crippen LogP contribution in [-0.2, 0) is 6.42 Å². The molecule has 0 saturated carbocycles. The Morgan fingerprint density at radius 1 is 1.16 bits per heavy atom. The Balaban J connectivity index is 2.25. The minimum atomic E-state index is 0.104. The molecule has 0 spiro atoms. The molecule has 0 heterocycles. The van der Waals surface area contributed by atoms with Crippen molar-refractivity contribution in [2.24, 2.45) is 0 Å². The predicted octanol–water partition coefficient (Wildman–Crippen LogP) is 4.99. The highest BCUT2D eigenvalue weighted by Gasteiger charge is 2.10. The van der Waals surface area contributed by atoms with Gasteiger partial charge in [0.1, 0.15) is 0 Å². The van der Waals surface area contributed by atoms with Gasteiger partial charge in [-0.25, -0.2) is 0 Å². The molecule has 0 aromatic heterocycles. The number of benzene rings is 2. The van der Waals surface area contributed by atoms with E-state index in [0.717, 1.165) is 14.7 Å². The fourth-order valence-corrected chi connectivity index (χ4v) is 2.45. The third kappa shape index (κ3) is 3.57. The number of ketones is 1. The molecule has 0 N–H and O–H groups in total. The Hall–Kier alpha value is -0.870. The summed E-state index contributed by atoms with van der Waals surface area (Å²) in [4.78, 5) is 12.3. The summed E-state index contributed by atoms with van der Waals surface area (Å²) in [6.45, 7) is 4.07. The Morgan fingerprint density at radius 2 is 1.89 bits per heavy atom. The molecule has 3 heteroatoms. The van der Waals surface area contributed by atoms with Gasteiger partial charge in [0.05, 0.1) is 5.02 Å². The zero-order chi connectivity index (χ0) is 14.0. The predicted molar refractivity (Wildman–Crippen MR) is 88.1 cm³/mol. The number of hydrogen-bond acceptors (Lipinski definition) is 1. The molecule has 19 heavy (non-hydrogen) atoms. The van der Waals surface area contributed by atoms with Crippen molar-refractivity contribution in [3.8, 4) is 0 Å². The number of rotatable bonds is 3. The smallest absolute Gasteiger partial charge is 0.167 e. The van der Waals surface area contributed by atoms with Crippen molar-refractivity contribution in [3.05, 3.63) is 67.2 Å². The lowest BCUT2D eigenvalue weighted by molar-refractivity contribution is 0.0993. The van der Waals surface area contributed by atoms with Crippen LogP contribution < -0.4 is 0 Å². The summed E-state index contributed by atoms with van der Waals surface area (Å²) >= 11 is 8.21. The van der Waals surface area contributed by atoms with Gasteiger partial charge in [0.15, 0.2) is 5.78 Å². The minimum absolute atomic E-state index is 0.104. The number of carbonyl (C=O) groups is 1. The molecule has 0 radical (unpaired) electrons. The highest BCUT2D eigenvalue weighted by molar-refractivity contribution is 14.1. The van der Waals surface area contributed by atoms with Crippen LogP contribution in [0.2, 0.25) is 5.02 Å². The van der Waals surface area contributed by atoms with Gasteiger partial charge in [-0.1, -0.05) is 41.4 Å². The second-order valence-electron chi connectivity index (χ2n) is 4.66. The number of Topliss-reactive ketones (excluding diaryl/α,β-unsaturated/α-hetero) is 1. The molecule has 2 rings (SSSR count). The molecule has 0 amide bonds. The first-order chi connectivity index (χ1) is 8.97. The van der Waals surface area contributed by atoms with Crippen molar-refractivity contribution in [1.29, 1.82) is 0 Å². The van der Waals surface area contributed by atoms with E-state index in [1.807, 2.05) is 26.0 Å². The average molecular weight is 385 g/mol. The Bertz CT molecular complexity index is 635. The molecule has 0 aliphatic heterocycles. The number of halogens is 2. The van der Waals surface area contributed by atoms with Crippen LogP contribution in [0.25, 0.3) is 0 Å². The molecule has 0 atom stereocenters. The lowest BCUT2D eigenvalue weighted by Gasteiger charge is -2.07. The van der Waals surface area contributed by atoms with Gasteiger partial charge >= 0.3 is 0 Å². The fraction of sp³-hybridized carbons (Fsp3) is 0.188. The van der Waals surface area contributed by atoms with Gasteiger partial charge in [0.25, 0.3) is 0 Å². The van der Waals surface area contributed by atoms with Crippen LogP contribution in [0.5, 0.6) is 0 Å². The second-order valence-corrected chi connectivity index (χ2v) is 6.23. The topological polar surface area (TPSA) is 17.1 Å². The third-order valence-electron chi connectivity index (χ3n) is 3.10. The Kier molecular flexibility index (Phi) is 4.63. The van der Waals surface area contributed by atoms with Crippen LogP contribution >= 0.6 is 34.2 Å². The largest absolute Gasteiger partial charge is 0.294 e. The molecule has 0 aliphatic carbocycles. The summed E-state index contributed by atoms with van der Waals surface area (Å²) in [7, 11) is 0. The van der Waals surface area contributed by atoms with E-state index in [1.54, 1.807) is 6.07 Å². The van der Waals surface area contributed by atoms with Crippen molar-refractivity contribution in [1.82, 2.24) is 0 Å². The van der Waals surface area contributed by atoms with E-state index in [9.17, 15) is 4.79 Å². The van der Waals surface area contributed by atoms with Crippen LogP contribution in [0.1, 0.15) is 27.0 Å². The fourth-order valence-electron chi connectivity index (χ4n) is 1.94. The van der Waals surface area contributed by atoms with Crippen LogP contribution in [0.3, 0.4) is 0 Å². The molecule has 0 saturated heterocycles. The van der Waals surface area contributed by atoms with E-state index >= 15 is 0 Å². The third-order valence-corrected chi connectivity index (χ3v) is 4.67. The maximum atomic E-state index is 12.3. The van der Waals surface area contributed by atoms with E-state index in [1.165, 1.54) is 5.56 Å². The standard InChI is InChI=1S/C16H14ClIO/c1-10-3-4-11(2)13(7-10)9-16(19)12-5-6-15(18)14(17)8-12/h3-8H,9H2,1-2H3. The van der Waals surface area contributed by atoms with Gasteiger partial charge in [-0.15, -0.1) is 0 Å².